The molecule has 1 aromatic carbocycles. The van der Waals surface area contributed by atoms with Crippen molar-refractivity contribution in [2.45, 2.75) is 18.4 Å². The van der Waals surface area contributed by atoms with E-state index in [2.05, 4.69) is 16.4 Å². The Morgan fingerprint density at radius 1 is 1.25 bits per heavy atom. The van der Waals surface area contributed by atoms with Crippen LogP contribution in [0.2, 0.25) is 0 Å². The van der Waals surface area contributed by atoms with Gasteiger partial charge in [0.2, 0.25) is 5.91 Å². The minimum atomic E-state index is -0.00670. The van der Waals surface area contributed by atoms with Crippen LogP contribution in [0.3, 0.4) is 0 Å². The number of halogens is 1. The second-order valence-electron chi connectivity index (χ2n) is 7.50. The number of aryl methyl sites for hydroxylation is 1. The number of carbonyl (C=O) groups is 1. The Bertz CT molecular complexity index is 871. The fourth-order valence-electron chi connectivity index (χ4n) is 4.24. The van der Waals surface area contributed by atoms with Gasteiger partial charge in [0.25, 0.3) is 0 Å². The van der Waals surface area contributed by atoms with Crippen LogP contribution in [0.5, 0.6) is 11.5 Å². The van der Waals surface area contributed by atoms with Crippen molar-refractivity contribution in [2.75, 3.05) is 32.8 Å². The molecule has 2 aliphatic heterocycles. The SMILES string of the molecule is Cl.Cn1ccnc1C1CNCCN1C(=O)C1CC1c1ccc2c(c1)OCCO2. The highest BCUT2D eigenvalue weighted by Crippen LogP contribution is 2.50. The van der Waals surface area contributed by atoms with Gasteiger partial charge in [0, 0.05) is 45.0 Å². The number of hydrogen-bond donors (Lipinski definition) is 1. The molecule has 2 aromatic rings. The van der Waals surface area contributed by atoms with Crippen LogP contribution in [-0.4, -0.2) is 53.2 Å². The standard InChI is InChI=1S/C20H24N4O3.ClH/c1-23-6-5-22-19(23)16-12-21-4-7-24(16)20(25)15-11-14(15)13-2-3-17-18(10-13)27-9-8-26-17;/h2-3,5-6,10,14-16,21H,4,7-9,11-12H2,1H3;1H. The number of fused-ring (bicyclic) bond motifs is 1. The number of hydrogen-bond acceptors (Lipinski definition) is 5. The van der Waals surface area contributed by atoms with Crippen LogP contribution in [0.4, 0.5) is 0 Å². The molecule has 0 spiro atoms. The molecule has 3 heterocycles. The van der Waals surface area contributed by atoms with E-state index < -0.39 is 0 Å². The topological polar surface area (TPSA) is 68.6 Å². The number of ether oxygens (including phenoxy) is 2. The molecule has 1 N–H and O–H groups in total. The predicted molar refractivity (Wildman–Crippen MR) is 106 cm³/mol. The first-order chi connectivity index (χ1) is 13.2. The van der Waals surface area contributed by atoms with Crippen molar-refractivity contribution < 1.29 is 14.3 Å². The smallest absolute Gasteiger partial charge is 0.227 e. The van der Waals surface area contributed by atoms with Gasteiger partial charge in [-0.25, -0.2) is 4.98 Å². The second-order valence-corrected chi connectivity index (χ2v) is 7.50. The van der Waals surface area contributed by atoms with E-state index in [1.807, 2.05) is 34.8 Å². The van der Waals surface area contributed by atoms with Gasteiger partial charge < -0.3 is 24.3 Å². The summed E-state index contributed by atoms with van der Waals surface area (Å²) in [5, 5.41) is 3.39. The van der Waals surface area contributed by atoms with Crippen molar-refractivity contribution in [1.82, 2.24) is 19.8 Å². The largest absolute Gasteiger partial charge is 0.486 e. The summed E-state index contributed by atoms with van der Waals surface area (Å²) in [5.74, 6) is 3.09. The highest BCUT2D eigenvalue weighted by molar-refractivity contribution is 5.85. The minimum Gasteiger partial charge on any atom is -0.486 e. The zero-order valence-electron chi connectivity index (χ0n) is 15.8. The summed E-state index contributed by atoms with van der Waals surface area (Å²) in [4.78, 5) is 19.7. The molecule has 150 valence electrons. The van der Waals surface area contributed by atoms with E-state index in [1.54, 1.807) is 6.20 Å². The third-order valence-electron chi connectivity index (χ3n) is 5.78. The molecule has 5 rings (SSSR count). The molecule has 7 nitrogen and oxygen atoms in total. The van der Waals surface area contributed by atoms with Crippen molar-refractivity contribution in [3.8, 4) is 11.5 Å². The lowest BCUT2D eigenvalue weighted by molar-refractivity contribution is -0.136. The van der Waals surface area contributed by atoms with Gasteiger partial charge in [0.15, 0.2) is 11.5 Å². The maximum Gasteiger partial charge on any atom is 0.227 e. The van der Waals surface area contributed by atoms with Crippen LogP contribution in [0, 0.1) is 5.92 Å². The Kier molecular flexibility index (Phi) is 5.21. The lowest BCUT2D eigenvalue weighted by Crippen LogP contribution is -2.50. The second kappa shape index (κ2) is 7.64. The van der Waals surface area contributed by atoms with Crippen molar-refractivity contribution in [3.63, 3.8) is 0 Å². The Balaban J connectivity index is 0.00000192. The van der Waals surface area contributed by atoms with E-state index in [-0.39, 0.29) is 36.2 Å². The van der Waals surface area contributed by atoms with Crippen molar-refractivity contribution in [2.24, 2.45) is 13.0 Å². The van der Waals surface area contributed by atoms with Crippen molar-refractivity contribution >= 4 is 18.3 Å². The molecule has 1 saturated heterocycles. The number of rotatable bonds is 3. The number of nitrogens with one attached hydrogen (secondary N) is 1. The molecule has 2 fully saturated rings. The molecule has 1 aromatic heterocycles. The van der Waals surface area contributed by atoms with Crippen LogP contribution >= 0.6 is 12.4 Å². The summed E-state index contributed by atoms with van der Waals surface area (Å²) >= 11 is 0. The van der Waals surface area contributed by atoms with Crippen LogP contribution in [-0.2, 0) is 11.8 Å². The fraction of sp³-hybridized carbons (Fsp3) is 0.500. The lowest BCUT2D eigenvalue weighted by Gasteiger charge is -2.36. The summed E-state index contributed by atoms with van der Waals surface area (Å²) in [7, 11) is 1.98. The van der Waals surface area contributed by atoms with Gasteiger partial charge in [-0.3, -0.25) is 4.79 Å². The van der Waals surface area contributed by atoms with Gasteiger partial charge >= 0.3 is 0 Å². The van der Waals surface area contributed by atoms with Gasteiger partial charge in [0.05, 0.1) is 0 Å². The summed E-state index contributed by atoms with van der Waals surface area (Å²) in [6.07, 6.45) is 4.62. The van der Waals surface area contributed by atoms with Crippen LogP contribution < -0.4 is 14.8 Å². The number of amides is 1. The highest BCUT2D eigenvalue weighted by Gasteiger charge is 2.48. The van der Waals surface area contributed by atoms with Gasteiger partial charge in [-0.1, -0.05) is 6.07 Å². The Morgan fingerprint density at radius 3 is 2.86 bits per heavy atom. The van der Waals surface area contributed by atoms with E-state index in [1.165, 1.54) is 5.56 Å². The van der Waals surface area contributed by atoms with E-state index in [0.717, 1.165) is 43.4 Å². The fourth-order valence-corrected chi connectivity index (χ4v) is 4.24. The normalized spacial score (nSPS) is 25.8. The summed E-state index contributed by atoms with van der Waals surface area (Å²) in [6, 6.07) is 6.07. The average Bonchev–Trinajstić information content (AvgIpc) is 3.40. The van der Waals surface area contributed by atoms with Crippen LogP contribution in [0.15, 0.2) is 30.6 Å². The first-order valence-corrected chi connectivity index (χ1v) is 9.60. The zero-order valence-corrected chi connectivity index (χ0v) is 16.7. The molecular formula is C20H25ClN4O3. The van der Waals surface area contributed by atoms with E-state index in [0.29, 0.717) is 13.2 Å². The highest BCUT2D eigenvalue weighted by atomic mass is 35.5. The number of piperazine rings is 1. The third kappa shape index (κ3) is 3.33. The third-order valence-corrected chi connectivity index (χ3v) is 5.78. The van der Waals surface area contributed by atoms with E-state index in [4.69, 9.17) is 9.47 Å². The Labute approximate surface area is 170 Å². The zero-order chi connectivity index (χ0) is 18.4. The van der Waals surface area contributed by atoms with E-state index >= 15 is 0 Å². The maximum absolute atomic E-state index is 13.3. The monoisotopic (exact) mass is 404 g/mol. The summed E-state index contributed by atoms with van der Waals surface area (Å²) in [5.41, 5.74) is 1.17. The van der Waals surface area contributed by atoms with Gasteiger partial charge in [0.1, 0.15) is 25.1 Å². The van der Waals surface area contributed by atoms with E-state index in [9.17, 15) is 4.79 Å². The summed E-state index contributed by atoms with van der Waals surface area (Å²) < 4.78 is 13.3. The first-order valence-electron chi connectivity index (χ1n) is 9.60. The van der Waals surface area contributed by atoms with Gasteiger partial charge in [-0.15, -0.1) is 12.4 Å². The predicted octanol–water partition coefficient (Wildman–Crippen LogP) is 1.89. The number of aromatic nitrogens is 2. The molecule has 3 unspecified atom stereocenters. The number of carbonyl (C=O) groups excluding carboxylic acids is 1. The first kappa shape index (κ1) is 19.1. The summed E-state index contributed by atoms with van der Waals surface area (Å²) in [6.45, 7) is 3.47. The molecule has 28 heavy (non-hydrogen) atoms. The molecular weight excluding hydrogens is 380 g/mol. The Morgan fingerprint density at radius 2 is 2.07 bits per heavy atom. The maximum atomic E-state index is 13.3. The van der Waals surface area contributed by atoms with Gasteiger partial charge in [-0.2, -0.15) is 0 Å². The number of benzene rings is 1. The molecule has 0 bridgehead atoms. The molecule has 1 aliphatic carbocycles. The molecule has 0 radical (unpaired) electrons. The molecule has 3 atom stereocenters. The number of nitrogens with zero attached hydrogens (tertiary/aromatic N) is 3. The molecule has 1 saturated carbocycles. The molecule has 8 heteroatoms. The number of imidazole rings is 1. The van der Waals surface area contributed by atoms with Crippen LogP contribution in [0.1, 0.15) is 29.8 Å². The van der Waals surface area contributed by atoms with Crippen molar-refractivity contribution in [3.05, 3.63) is 42.0 Å². The van der Waals surface area contributed by atoms with Crippen molar-refractivity contribution in [1.29, 1.82) is 0 Å². The minimum absolute atomic E-state index is 0. The molecule has 1 amide bonds. The Hall–Kier alpha value is -2.25. The average molecular weight is 405 g/mol. The van der Waals surface area contributed by atoms with Gasteiger partial charge in [-0.05, 0) is 30.0 Å². The quantitative estimate of drug-likeness (QED) is 0.846. The molecule has 3 aliphatic rings. The lowest BCUT2D eigenvalue weighted by atomic mass is 10.1. The van der Waals surface area contributed by atoms with Crippen LogP contribution in [0.25, 0.3) is 0 Å².